The van der Waals surface area contributed by atoms with E-state index in [4.69, 9.17) is 0 Å². The zero-order valence-electron chi connectivity index (χ0n) is 18.2. The molecule has 0 saturated carbocycles. The number of nitrogens with zero attached hydrogens (tertiary/aromatic N) is 3. The second-order valence-corrected chi connectivity index (χ2v) is 10.1. The molecule has 3 nitrogen and oxygen atoms in total. The molecule has 0 radical (unpaired) electrons. The van der Waals surface area contributed by atoms with Gasteiger partial charge in [0.15, 0.2) is 0 Å². The molecule has 0 spiro atoms. The lowest BCUT2D eigenvalue weighted by Gasteiger charge is -2.43. The van der Waals surface area contributed by atoms with Gasteiger partial charge >= 0.3 is 0 Å². The Morgan fingerprint density at radius 1 is 0.692 bits per heavy atom. The molecular formula is C23H53N3. The van der Waals surface area contributed by atoms with Gasteiger partial charge in [-0.1, -0.05) is 35.6 Å². The van der Waals surface area contributed by atoms with Gasteiger partial charge in [0.25, 0.3) is 0 Å². The van der Waals surface area contributed by atoms with E-state index in [0.29, 0.717) is 11.1 Å². The van der Waals surface area contributed by atoms with E-state index in [9.17, 15) is 0 Å². The minimum atomic E-state index is 0. The third kappa shape index (κ3) is 9.71. The van der Waals surface area contributed by atoms with Crippen molar-refractivity contribution in [2.45, 2.75) is 94.7 Å². The molecule has 2 fully saturated rings. The van der Waals surface area contributed by atoms with Gasteiger partial charge in [-0.15, -0.1) is 0 Å². The highest BCUT2D eigenvalue weighted by Gasteiger charge is 2.29. The van der Waals surface area contributed by atoms with Crippen LogP contribution in [0, 0.1) is 11.8 Å². The molecule has 2 atom stereocenters. The maximum absolute atomic E-state index is 2.62. The fraction of sp³-hybridized carbons (Fsp3) is 1.00. The van der Waals surface area contributed by atoms with Crippen molar-refractivity contribution in [1.29, 1.82) is 0 Å². The molecule has 2 heterocycles. The van der Waals surface area contributed by atoms with Crippen molar-refractivity contribution in [2.24, 2.45) is 11.8 Å². The van der Waals surface area contributed by atoms with Crippen molar-refractivity contribution in [2.75, 3.05) is 45.8 Å². The maximum atomic E-state index is 2.62. The first-order chi connectivity index (χ1) is 10.9. The Kier molecular flexibility index (Phi) is 12.6. The van der Waals surface area contributed by atoms with E-state index in [0.717, 1.165) is 11.8 Å². The molecule has 0 N–H and O–H groups in total. The molecule has 2 saturated heterocycles. The molecule has 0 amide bonds. The van der Waals surface area contributed by atoms with Gasteiger partial charge in [0.05, 0.1) is 0 Å². The lowest BCUT2D eigenvalue weighted by Crippen LogP contribution is -2.53. The molecule has 0 aromatic heterocycles. The summed E-state index contributed by atoms with van der Waals surface area (Å²) in [5, 5.41) is 0. The highest BCUT2D eigenvalue weighted by Crippen LogP contribution is 2.26. The number of hydrogen-bond donors (Lipinski definition) is 0. The van der Waals surface area contributed by atoms with Crippen molar-refractivity contribution in [3.05, 3.63) is 0 Å². The van der Waals surface area contributed by atoms with Crippen LogP contribution in [0.15, 0.2) is 0 Å². The standard InChI is InChI=1S/C11H23N.C10H22N2.2CH4/c1-9-6-10(2)8-12(7-9)11(3,4)5;1-5-11-6-8-12(9-7-11)10(2,3)4;;/h9-10H,6-8H2,1-5H3;5-9H2,1-4H3;2*1H4. The van der Waals surface area contributed by atoms with E-state index < -0.39 is 0 Å². The van der Waals surface area contributed by atoms with Gasteiger partial charge in [-0.05, 0) is 66.3 Å². The predicted molar refractivity (Wildman–Crippen MR) is 121 cm³/mol. The number of hydrogen-bond acceptors (Lipinski definition) is 3. The summed E-state index contributed by atoms with van der Waals surface area (Å²) in [7, 11) is 0. The highest BCUT2D eigenvalue weighted by atomic mass is 15.3. The van der Waals surface area contributed by atoms with Gasteiger partial charge < -0.3 is 4.90 Å². The third-order valence-corrected chi connectivity index (χ3v) is 5.59. The maximum Gasteiger partial charge on any atom is 0.0126 e. The molecule has 3 heteroatoms. The molecule has 0 bridgehead atoms. The summed E-state index contributed by atoms with van der Waals surface area (Å²) in [6.45, 7) is 29.6. The summed E-state index contributed by atoms with van der Waals surface area (Å²) >= 11 is 0. The van der Waals surface area contributed by atoms with Gasteiger partial charge in [-0.3, -0.25) is 9.80 Å². The van der Waals surface area contributed by atoms with Crippen LogP contribution >= 0.6 is 0 Å². The molecular weight excluding hydrogens is 318 g/mol. The van der Waals surface area contributed by atoms with Crippen molar-refractivity contribution in [3.63, 3.8) is 0 Å². The summed E-state index contributed by atoms with van der Waals surface area (Å²) in [5.74, 6) is 1.76. The van der Waals surface area contributed by atoms with Crippen LogP contribution in [0.3, 0.4) is 0 Å². The van der Waals surface area contributed by atoms with E-state index >= 15 is 0 Å². The van der Waals surface area contributed by atoms with Crippen LogP contribution in [-0.4, -0.2) is 71.6 Å². The number of rotatable bonds is 1. The Balaban J connectivity index is 0. The van der Waals surface area contributed by atoms with Gasteiger partial charge in [0.2, 0.25) is 0 Å². The quantitative estimate of drug-likeness (QED) is 0.606. The first kappa shape index (κ1) is 28.1. The second kappa shape index (κ2) is 11.7. The minimum Gasteiger partial charge on any atom is -0.301 e. The largest absolute Gasteiger partial charge is 0.301 e. The lowest BCUT2D eigenvalue weighted by molar-refractivity contribution is 0.0570. The fourth-order valence-electron chi connectivity index (χ4n) is 3.95. The highest BCUT2D eigenvalue weighted by molar-refractivity contribution is 4.83. The molecule has 0 aromatic carbocycles. The molecule has 0 aromatic rings. The zero-order chi connectivity index (χ0) is 18.5. The molecule has 2 rings (SSSR count). The van der Waals surface area contributed by atoms with Gasteiger partial charge in [-0.25, -0.2) is 0 Å². The van der Waals surface area contributed by atoms with Crippen molar-refractivity contribution >= 4 is 0 Å². The Labute approximate surface area is 167 Å². The molecule has 160 valence electrons. The van der Waals surface area contributed by atoms with E-state index in [1.807, 2.05) is 0 Å². The van der Waals surface area contributed by atoms with Crippen molar-refractivity contribution < 1.29 is 0 Å². The second-order valence-electron chi connectivity index (χ2n) is 10.1. The minimum absolute atomic E-state index is 0. The summed E-state index contributed by atoms with van der Waals surface area (Å²) in [4.78, 5) is 7.70. The number of piperazine rings is 1. The predicted octanol–water partition coefficient (Wildman–Crippen LogP) is 5.46. The van der Waals surface area contributed by atoms with E-state index in [1.165, 1.54) is 52.2 Å². The van der Waals surface area contributed by atoms with Crippen LogP contribution < -0.4 is 0 Å². The van der Waals surface area contributed by atoms with Crippen LogP contribution in [0.1, 0.15) is 83.6 Å². The molecule has 2 unspecified atom stereocenters. The molecule has 0 aliphatic carbocycles. The summed E-state index contributed by atoms with van der Waals surface area (Å²) < 4.78 is 0. The van der Waals surface area contributed by atoms with E-state index in [2.05, 4.69) is 77.0 Å². The Hall–Kier alpha value is -0.120. The Morgan fingerprint density at radius 2 is 1.08 bits per heavy atom. The average molecular weight is 372 g/mol. The number of piperidine rings is 1. The van der Waals surface area contributed by atoms with Crippen LogP contribution in [0.4, 0.5) is 0 Å². The summed E-state index contributed by atoms with van der Waals surface area (Å²) in [6.07, 6.45) is 1.41. The van der Waals surface area contributed by atoms with E-state index in [-0.39, 0.29) is 14.9 Å². The monoisotopic (exact) mass is 371 g/mol. The lowest BCUT2D eigenvalue weighted by atomic mass is 9.88. The average Bonchev–Trinajstić information content (AvgIpc) is 2.45. The van der Waals surface area contributed by atoms with Gasteiger partial charge in [0, 0.05) is 50.3 Å². The molecule has 26 heavy (non-hydrogen) atoms. The molecule has 2 aliphatic rings. The van der Waals surface area contributed by atoms with Crippen LogP contribution in [0.25, 0.3) is 0 Å². The van der Waals surface area contributed by atoms with Crippen LogP contribution in [-0.2, 0) is 0 Å². The van der Waals surface area contributed by atoms with E-state index in [1.54, 1.807) is 0 Å². The third-order valence-electron chi connectivity index (χ3n) is 5.59. The van der Waals surface area contributed by atoms with Crippen molar-refractivity contribution in [3.8, 4) is 0 Å². The first-order valence-electron chi connectivity index (χ1n) is 10.2. The molecule has 2 aliphatic heterocycles. The first-order valence-corrected chi connectivity index (χ1v) is 10.2. The van der Waals surface area contributed by atoms with Crippen molar-refractivity contribution in [1.82, 2.24) is 14.7 Å². The van der Waals surface area contributed by atoms with Gasteiger partial charge in [0.1, 0.15) is 0 Å². The SMILES string of the molecule is C.C.CC1CC(C)CN(C(C)(C)C)C1.CCN1CCN(C(C)(C)C)CC1. The van der Waals surface area contributed by atoms with Gasteiger partial charge in [-0.2, -0.15) is 0 Å². The Bertz CT molecular complexity index is 335. The topological polar surface area (TPSA) is 9.72 Å². The zero-order valence-corrected chi connectivity index (χ0v) is 18.2. The smallest absolute Gasteiger partial charge is 0.0126 e. The van der Waals surface area contributed by atoms with Crippen LogP contribution in [0.2, 0.25) is 0 Å². The summed E-state index contributed by atoms with van der Waals surface area (Å²) in [6, 6.07) is 0. The fourth-order valence-corrected chi connectivity index (χ4v) is 3.95. The number of likely N-dealkylation sites (N-methyl/N-ethyl adjacent to an activating group) is 1. The Morgan fingerprint density at radius 3 is 1.38 bits per heavy atom. The van der Waals surface area contributed by atoms with Crippen LogP contribution in [0.5, 0.6) is 0 Å². The summed E-state index contributed by atoms with van der Waals surface area (Å²) in [5.41, 5.74) is 0.725. The normalized spacial score (nSPS) is 26.2. The number of likely N-dealkylation sites (tertiary alicyclic amines) is 1.